The van der Waals surface area contributed by atoms with Gasteiger partial charge in [0.1, 0.15) is 0 Å². The van der Waals surface area contributed by atoms with Gasteiger partial charge in [-0.1, -0.05) is 7.43 Å². The Labute approximate surface area is 56.8 Å². The standard InChI is InChI=1S/CH4.Fe.Li.H2S/h1H4;;;1H2. The van der Waals surface area contributed by atoms with E-state index in [1.807, 2.05) is 0 Å². The second kappa shape index (κ2) is 25.0. The van der Waals surface area contributed by atoms with E-state index in [1.54, 1.807) is 0 Å². The van der Waals surface area contributed by atoms with Crippen molar-refractivity contribution in [2.75, 3.05) is 0 Å². The molecule has 0 aliphatic heterocycles. The fourth-order valence-corrected chi connectivity index (χ4v) is 0. The van der Waals surface area contributed by atoms with Gasteiger partial charge in [0.05, 0.1) is 0 Å². The third kappa shape index (κ3) is 9.80. The molecule has 0 aromatic rings. The van der Waals surface area contributed by atoms with Crippen molar-refractivity contribution in [3.05, 3.63) is 0 Å². The van der Waals surface area contributed by atoms with E-state index < -0.39 is 0 Å². The molecule has 0 nitrogen and oxygen atoms in total. The molecule has 0 rings (SSSR count). The molecule has 4 heavy (non-hydrogen) atoms. The number of hydrogen-bond donors (Lipinski definition) is 0. The van der Waals surface area contributed by atoms with E-state index in [1.165, 1.54) is 0 Å². The van der Waals surface area contributed by atoms with Crippen LogP contribution in [0.4, 0.5) is 0 Å². The zero-order valence-electron chi connectivity index (χ0n) is 1.85. The minimum absolute atomic E-state index is 0. The molecule has 0 spiro atoms. The largest absolute Gasteiger partial charge is 0.197 e. The molecule has 0 aliphatic carbocycles. The van der Waals surface area contributed by atoms with Crippen molar-refractivity contribution in [2.24, 2.45) is 0 Å². The Bertz CT molecular complexity index is 8.00. The molecule has 0 saturated carbocycles. The van der Waals surface area contributed by atoms with Crippen molar-refractivity contribution < 1.29 is 17.1 Å². The van der Waals surface area contributed by atoms with E-state index in [4.69, 9.17) is 0 Å². The Kier molecular flexibility index (Phi) is 316. The first-order valence-corrected chi connectivity index (χ1v) is 0. The van der Waals surface area contributed by atoms with Gasteiger partial charge in [-0.2, -0.15) is 13.5 Å². The second-order valence-corrected chi connectivity index (χ2v) is 0. The zero-order chi connectivity index (χ0) is 0. The van der Waals surface area contributed by atoms with Gasteiger partial charge in [-0.3, -0.25) is 0 Å². The van der Waals surface area contributed by atoms with Gasteiger partial charge in [-0.05, 0) is 0 Å². The van der Waals surface area contributed by atoms with Gasteiger partial charge in [0.15, 0.2) is 0 Å². The Morgan fingerprint density at radius 2 is 1.00 bits per heavy atom. The maximum atomic E-state index is 0. The van der Waals surface area contributed by atoms with E-state index in [-0.39, 0.29) is 56.9 Å². The molecule has 3 heteroatoms. The summed E-state index contributed by atoms with van der Waals surface area (Å²) < 4.78 is 0. The Hall–Kier alpha value is 1.47. The van der Waals surface area contributed by atoms with Gasteiger partial charge in [0, 0.05) is 35.9 Å². The minimum atomic E-state index is 0. The summed E-state index contributed by atoms with van der Waals surface area (Å²) in [4.78, 5) is 0. The monoisotopic (exact) mass is 113 g/mol. The van der Waals surface area contributed by atoms with Crippen LogP contribution >= 0.6 is 13.5 Å². The van der Waals surface area contributed by atoms with Gasteiger partial charge in [-0.25, -0.2) is 0 Å². The van der Waals surface area contributed by atoms with Crippen molar-refractivity contribution >= 4 is 32.4 Å². The average Bonchev–Trinajstić information content (AvgIpc) is 0. The third-order valence-corrected chi connectivity index (χ3v) is 0. The van der Waals surface area contributed by atoms with Crippen LogP contribution in [0.1, 0.15) is 7.43 Å². The van der Waals surface area contributed by atoms with Crippen LogP contribution in [0.5, 0.6) is 0 Å². The van der Waals surface area contributed by atoms with E-state index >= 15 is 0 Å². The third-order valence-electron chi connectivity index (χ3n) is 0. The quantitative estimate of drug-likeness (QED) is 0.398. The maximum Gasteiger partial charge on any atom is 0 e. The fourth-order valence-electron chi connectivity index (χ4n) is 0. The maximum absolute atomic E-state index is 0. The van der Waals surface area contributed by atoms with Gasteiger partial charge in [-0.15, -0.1) is 0 Å². The first kappa shape index (κ1) is 50.7. The molecular formula is CH6FeLiS. The summed E-state index contributed by atoms with van der Waals surface area (Å²) in [5.74, 6) is 0. The predicted molar refractivity (Wildman–Crippen MR) is 22.9 cm³/mol. The van der Waals surface area contributed by atoms with Crippen LogP contribution in [0.15, 0.2) is 0 Å². The molecule has 0 unspecified atom stereocenters. The normalized spacial score (nSPS) is 0. The van der Waals surface area contributed by atoms with Crippen molar-refractivity contribution in [3.63, 3.8) is 0 Å². The molecule has 0 saturated heterocycles. The first-order chi connectivity index (χ1) is 0. The van der Waals surface area contributed by atoms with Crippen LogP contribution in [0.2, 0.25) is 0 Å². The average molecular weight is 113 g/mol. The zero-order valence-corrected chi connectivity index (χ0v) is 3.96. The van der Waals surface area contributed by atoms with Gasteiger partial charge < -0.3 is 0 Å². The molecule has 0 aliphatic rings. The SMILES string of the molecule is C.S.[Fe].[Li]. The van der Waals surface area contributed by atoms with Gasteiger partial charge in [0.2, 0.25) is 0 Å². The Balaban J connectivity index is 0. The summed E-state index contributed by atoms with van der Waals surface area (Å²) in [5, 5.41) is 0. The first-order valence-electron chi connectivity index (χ1n) is 0. The topological polar surface area (TPSA) is 0 Å². The summed E-state index contributed by atoms with van der Waals surface area (Å²) in [6.07, 6.45) is 0. The number of hydrogen-bond acceptors (Lipinski definition) is 0. The molecule has 0 atom stereocenters. The van der Waals surface area contributed by atoms with Crippen LogP contribution in [0.3, 0.4) is 0 Å². The van der Waals surface area contributed by atoms with E-state index in [9.17, 15) is 0 Å². The molecule has 0 fully saturated rings. The van der Waals surface area contributed by atoms with Crippen molar-refractivity contribution in [3.8, 4) is 0 Å². The Morgan fingerprint density at radius 1 is 1.00 bits per heavy atom. The van der Waals surface area contributed by atoms with Crippen molar-refractivity contribution in [2.45, 2.75) is 7.43 Å². The second-order valence-electron chi connectivity index (χ2n) is 0. The van der Waals surface area contributed by atoms with Crippen LogP contribution < -0.4 is 0 Å². The van der Waals surface area contributed by atoms with Crippen LogP contribution in [-0.2, 0) is 17.1 Å². The molecular weight excluding hydrogens is 107 g/mol. The van der Waals surface area contributed by atoms with E-state index in [0.717, 1.165) is 0 Å². The van der Waals surface area contributed by atoms with Gasteiger partial charge >= 0.3 is 0 Å². The summed E-state index contributed by atoms with van der Waals surface area (Å²) in [6.45, 7) is 0. The Morgan fingerprint density at radius 3 is 1.00 bits per heavy atom. The molecule has 0 heterocycles. The number of rotatable bonds is 0. The molecule has 0 N–H and O–H groups in total. The molecule has 0 amide bonds. The summed E-state index contributed by atoms with van der Waals surface area (Å²) in [5.41, 5.74) is 0. The van der Waals surface area contributed by atoms with Gasteiger partial charge in [0.25, 0.3) is 0 Å². The molecule has 0 aromatic carbocycles. The van der Waals surface area contributed by atoms with E-state index in [0.29, 0.717) is 0 Å². The summed E-state index contributed by atoms with van der Waals surface area (Å²) >= 11 is 0. The molecule has 0 bridgehead atoms. The van der Waals surface area contributed by atoms with Crippen molar-refractivity contribution in [1.29, 1.82) is 0 Å². The minimum Gasteiger partial charge on any atom is -0.197 e. The summed E-state index contributed by atoms with van der Waals surface area (Å²) in [6, 6.07) is 0. The van der Waals surface area contributed by atoms with Crippen LogP contribution in [0, 0.1) is 0 Å². The van der Waals surface area contributed by atoms with Crippen molar-refractivity contribution in [1.82, 2.24) is 0 Å². The van der Waals surface area contributed by atoms with E-state index in [2.05, 4.69) is 0 Å². The molecule has 1 radical (unpaired) electrons. The smallest absolute Gasteiger partial charge is 0 e. The van der Waals surface area contributed by atoms with Crippen LogP contribution in [0.25, 0.3) is 0 Å². The molecule has 25 valence electrons. The predicted octanol–water partition coefficient (Wildman–Crippen LogP) is 0.366. The van der Waals surface area contributed by atoms with Crippen LogP contribution in [-0.4, -0.2) is 18.9 Å². The summed E-state index contributed by atoms with van der Waals surface area (Å²) in [7, 11) is 0. The molecule has 0 aromatic heterocycles. The fraction of sp³-hybridized carbons (Fsp3) is 1.00.